The second-order valence-electron chi connectivity index (χ2n) is 6.47. The number of nitrogens with one attached hydrogen (secondary N) is 1. The van der Waals surface area contributed by atoms with Crippen LogP contribution in [-0.2, 0) is 14.6 Å². The van der Waals surface area contributed by atoms with Crippen molar-refractivity contribution in [2.45, 2.75) is 31.7 Å². The Morgan fingerprint density at radius 2 is 2.08 bits per heavy atom. The maximum Gasteiger partial charge on any atom is 0.262 e. The van der Waals surface area contributed by atoms with Crippen LogP contribution in [-0.4, -0.2) is 45.0 Å². The highest BCUT2D eigenvalue weighted by Gasteiger charge is 2.29. The van der Waals surface area contributed by atoms with E-state index in [9.17, 15) is 18.5 Å². The van der Waals surface area contributed by atoms with Gasteiger partial charge in [-0.15, -0.1) is 0 Å². The molecule has 1 unspecified atom stereocenters. The Morgan fingerprint density at radius 1 is 1.32 bits per heavy atom. The summed E-state index contributed by atoms with van der Waals surface area (Å²) >= 11 is 0. The predicted molar refractivity (Wildman–Crippen MR) is 93.6 cm³/mol. The zero-order valence-electron chi connectivity index (χ0n) is 13.9. The van der Waals surface area contributed by atoms with Gasteiger partial charge >= 0.3 is 0 Å². The van der Waals surface area contributed by atoms with E-state index in [-0.39, 0.29) is 17.1 Å². The van der Waals surface area contributed by atoms with Crippen LogP contribution in [0.15, 0.2) is 22.1 Å². The number of furan rings is 1. The molecule has 0 bridgehead atoms. The van der Waals surface area contributed by atoms with Crippen molar-refractivity contribution >= 4 is 27.7 Å². The standard InChI is InChI=1S/C17H21N3O4S/c18-11-13(17(21)19-14-6-9-25(22,23)12-14)10-15-4-5-16(24-15)20-7-2-1-3-8-20/h4-5,10,14H,1-3,6-9,12H2,(H,19,21). The topological polar surface area (TPSA) is 103 Å². The molecule has 1 aromatic rings. The third-order valence-corrected chi connectivity index (χ3v) is 6.27. The summed E-state index contributed by atoms with van der Waals surface area (Å²) in [6.07, 6.45) is 5.25. The number of hydrogen-bond acceptors (Lipinski definition) is 6. The number of carbonyl (C=O) groups excluding carboxylic acids is 1. The highest BCUT2D eigenvalue weighted by atomic mass is 32.2. The predicted octanol–water partition coefficient (Wildman–Crippen LogP) is 1.48. The Kier molecular flexibility index (Phi) is 5.13. The number of sulfone groups is 1. The Balaban J connectivity index is 1.67. The van der Waals surface area contributed by atoms with E-state index < -0.39 is 21.8 Å². The van der Waals surface area contributed by atoms with Crippen molar-refractivity contribution in [2.24, 2.45) is 0 Å². The van der Waals surface area contributed by atoms with Gasteiger partial charge in [0.05, 0.1) is 11.5 Å². The Hall–Kier alpha value is -2.27. The van der Waals surface area contributed by atoms with E-state index >= 15 is 0 Å². The third kappa shape index (κ3) is 4.42. The summed E-state index contributed by atoms with van der Waals surface area (Å²) < 4.78 is 28.6. The summed E-state index contributed by atoms with van der Waals surface area (Å²) in [5.41, 5.74) is -0.0937. The molecule has 0 aromatic carbocycles. The van der Waals surface area contributed by atoms with Gasteiger partial charge in [0.25, 0.3) is 5.91 Å². The number of amides is 1. The molecule has 1 N–H and O–H groups in total. The first-order valence-electron chi connectivity index (χ1n) is 8.45. The van der Waals surface area contributed by atoms with Gasteiger partial charge in [-0.2, -0.15) is 5.26 Å². The van der Waals surface area contributed by atoms with Crippen molar-refractivity contribution in [3.05, 3.63) is 23.5 Å². The van der Waals surface area contributed by atoms with Crippen molar-refractivity contribution in [1.82, 2.24) is 5.32 Å². The molecule has 8 heteroatoms. The van der Waals surface area contributed by atoms with Crippen molar-refractivity contribution < 1.29 is 17.6 Å². The molecule has 134 valence electrons. The van der Waals surface area contributed by atoms with Crippen LogP contribution in [0.25, 0.3) is 6.08 Å². The average molecular weight is 363 g/mol. The first kappa shape index (κ1) is 17.5. The minimum atomic E-state index is -3.08. The minimum absolute atomic E-state index is 0.0704. The summed E-state index contributed by atoms with van der Waals surface area (Å²) in [5.74, 6) is 0.607. The monoisotopic (exact) mass is 363 g/mol. The number of nitriles is 1. The van der Waals surface area contributed by atoms with Gasteiger partial charge in [0.15, 0.2) is 15.7 Å². The number of hydrogen-bond donors (Lipinski definition) is 1. The number of piperidine rings is 1. The number of anilines is 1. The van der Waals surface area contributed by atoms with Gasteiger partial charge < -0.3 is 14.6 Å². The van der Waals surface area contributed by atoms with Crippen LogP contribution in [0.5, 0.6) is 0 Å². The molecule has 3 heterocycles. The molecular weight excluding hydrogens is 342 g/mol. The highest BCUT2D eigenvalue weighted by molar-refractivity contribution is 7.91. The molecule has 3 rings (SSSR count). The SMILES string of the molecule is N#CC(=Cc1ccc(N2CCCCC2)o1)C(=O)NC1CCS(=O)(=O)C1. The van der Waals surface area contributed by atoms with E-state index in [1.165, 1.54) is 12.5 Å². The highest BCUT2D eigenvalue weighted by Crippen LogP contribution is 2.24. The maximum absolute atomic E-state index is 12.2. The van der Waals surface area contributed by atoms with Crippen molar-refractivity contribution in [3.8, 4) is 6.07 Å². The quantitative estimate of drug-likeness (QED) is 0.642. The first-order valence-corrected chi connectivity index (χ1v) is 10.3. The van der Waals surface area contributed by atoms with E-state index in [1.807, 2.05) is 12.1 Å². The van der Waals surface area contributed by atoms with Crippen LogP contribution in [0.1, 0.15) is 31.4 Å². The summed E-state index contributed by atoms with van der Waals surface area (Å²) in [6.45, 7) is 1.89. The molecule has 2 saturated heterocycles. The van der Waals surface area contributed by atoms with Crippen LogP contribution in [0.3, 0.4) is 0 Å². The zero-order valence-corrected chi connectivity index (χ0v) is 14.7. The smallest absolute Gasteiger partial charge is 0.262 e. The van der Waals surface area contributed by atoms with E-state index in [1.54, 1.807) is 6.07 Å². The van der Waals surface area contributed by atoms with Crippen LogP contribution < -0.4 is 10.2 Å². The molecule has 25 heavy (non-hydrogen) atoms. The number of nitrogens with zero attached hydrogens (tertiary/aromatic N) is 2. The molecule has 2 fully saturated rings. The summed E-state index contributed by atoms with van der Waals surface area (Å²) in [5, 5.41) is 11.9. The number of carbonyl (C=O) groups is 1. The van der Waals surface area contributed by atoms with Gasteiger partial charge in [0.1, 0.15) is 17.4 Å². The van der Waals surface area contributed by atoms with Crippen LogP contribution >= 0.6 is 0 Å². The molecule has 2 aliphatic heterocycles. The average Bonchev–Trinajstić information content (AvgIpc) is 3.19. The van der Waals surface area contributed by atoms with Gasteiger partial charge in [-0.3, -0.25) is 4.79 Å². The van der Waals surface area contributed by atoms with E-state index in [0.717, 1.165) is 31.8 Å². The molecule has 1 amide bonds. The molecule has 0 spiro atoms. The molecule has 2 aliphatic rings. The van der Waals surface area contributed by atoms with E-state index in [4.69, 9.17) is 4.42 Å². The van der Waals surface area contributed by atoms with E-state index in [0.29, 0.717) is 12.2 Å². The molecule has 1 atom stereocenters. The summed E-state index contributed by atoms with van der Waals surface area (Å²) in [4.78, 5) is 14.4. The van der Waals surface area contributed by atoms with Gasteiger partial charge in [0.2, 0.25) is 0 Å². The van der Waals surface area contributed by atoms with Crippen LogP contribution in [0.2, 0.25) is 0 Å². The number of rotatable bonds is 4. The van der Waals surface area contributed by atoms with Crippen LogP contribution in [0, 0.1) is 11.3 Å². The molecule has 0 saturated carbocycles. The molecular formula is C17H21N3O4S. The van der Waals surface area contributed by atoms with Gasteiger partial charge in [-0.05, 0) is 31.7 Å². The van der Waals surface area contributed by atoms with Gasteiger partial charge in [-0.1, -0.05) is 0 Å². The lowest BCUT2D eigenvalue weighted by Gasteiger charge is -2.25. The molecule has 1 aromatic heterocycles. The Morgan fingerprint density at radius 3 is 2.72 bits per heavy atom. The summed E-state index contributed by atoms with van der Waals surface area (Å²) in [7, 11) is -3.08. The fraction of sp³-hybridized carbons (Fsp3) is 0.529. The van der Waals surface area contributed by atoms with Crippen molar-refractivity contribution in [1.29, 1.82) is 5.26 Å². The Bertz CT molecular complexity index is 813. The van der Waals surface area contributed by atoms with Gasteiger partial charge in [0, 0.05) is 31.3 Å². The van der Waals surface area contributed by atoms with Gasteiger partial charge in [-0.25, -0.2) is 8.42 Å². The lowest BCUT2D eigenvalue weighted by atomic mass is 10.1. The second kappa shape index (κ2) is 7.31. The zero-order chi connectivity index (χ0) is 17.9. The fourth-order valence-electron chi connectivity index (χ4n) is 3.17. The lowest BCUT2D eigenvalue weighted by molar-refractivity contribution is -0.117. The Labute approximate surface area is 147 Å². The molecule has 7 nitrogen and oxygen atoms in total. The van der Waals surface area contributed by atoms with Crippen molar-refractivity contribution in [3.63, 3.8) is 0 Å². The minimum Gasteiger partial charge on any atom is -0.441 e. The molecule has 0 radical (unpaired) electrons. The second-order valence-corrected chi connectivity index (χ2v) is 8.70. The normalized spacial score (nSPS) is 23.2. The fourth-order valence-corrected chi connectivity index (χ4v) is 4.84. The largest absolute Gasteiger partial charge is 0.441 e. The van der Waals surface area contributed by atoms with Crippen LogP contribution in [0.4, 0.5) is 5.88 Å². The third-order valence-electron chi connectivity index (χ3n) is 4.50. The first-order chi connectivity index (χ1) is 12.0. The van der Waals surface area contributed by atoms with E-state index in [2.05, 4.69) is 10.2 Å². The van der Waals surface area contributed by atoms with Crippen molar-refractivity contribution in [2.75, 3.05) is 29.5 Å². The molecule has 0 aliphatic carbocycles. The summed E-state index contributed by atoms with van der Waals surface area (Å²) in [6, 6.07) is 5.00. The lowest BCUT2D eigenvalue weighted by Crippen LogP contribution is -2.36. The maximum atomic E-state index is 12.2.